The quantitative estimate of drug-likeness (QED) is 0.133. The van der Waals surface area contributed by atoms with Crippen LogP contribution in [0.2, 0.25) is 0 Å². The van der Waals surface area contributed by atoms with Crippen molar-refractivity contribution in [2.45, 2.75) is 52.4 Å². The van der Waals surface area contributed by atoms with Gasteiger partial charge in [-0.3, -0.25) is 0 Å². The normalized spacial score (nSPS) is 12.1. The highest BCUT2D eigenvalue weighted by Gasteiger charge is 2.24. The summed E-state index contributed by atoms with van der Waals surface area (Å²) in [6.07, 6.45) is 0. The highest BCUT2D eigenvalue weighted by molar-refractivity contribution is 6.95. The summed E-state index contributed by atoms with van der Waals surface area (Å²) in [5.74, 6) is 0. The van der Waals surface area contributed by atoms with Gasteiger partial charge in [-0.05, 0) is 56.0 Å². The first kappa shape index (κ1) is 32.7. The summed E-state index contributed by atoms with van der Waals surface area (Å²) in [5.41, 5.74) is 12.4. The maximum Gasteiger partial charge on any atom is 0.241 e. The van der Waals surface area contributed by atoms with Gasteiger partial charge in [-0.2, -0.15) is 0 Å². The zero-order valence-corrected chi connectivity index (χ0v) is 30.5. The largest absolute Gasteiger partial charge is 0.247 e. The molecule has 0 radical (unpaired) electrons. The van der Waals surface area contributed by atoms with Gasteiger partial charge in [-0.1, -0.05) is 204 Å². The molecule has 1 nitrogen and oxygen atoms in total. The molecule has 0 amide bonds. The molecule has 0 bridgehead atoms. The molecule has 0 saturated carbocycles. The van der Waals surface area contributed by atoms with Gasteiger partial charge in [0, 0.05) is 21.7 Å². The van der Waals surface area contributed by atoms with Crippen LogP contribution in [0.15, 0.2) is 158 Å². The molecule has 1 aromatic heterocycles. The molecule has 7 aromatic carbocycles. The van der Waals surface area contributed by atoms with Gasteiger partial charge in [-0.25, -0.2) is 4.98 Å². The molecule has 0 aliphatic carbocycles. The third-order valence-electron chi connectivity index (χ3n) is 10.5. The Balaban J connectivity index is 1.30. The second kappa shape index (κ2) is 12.7. The first-order chi connectivity index (χ1) is 24.6. The minimum Gasteiger partial charge on any atom is -0.247 e. The monoisotopic (exact) mass is 657 g/mol. The minimum atomic E-state index is 0.106. The van der Waals surface area contributed by atoms with Gasteiger partial charge in [0.2, 0.25) is 6.71 Å². The van der Waals surface area contributed by atoms with Crippen LogP contribution in [0.3, 0.4) is 0 Å². The van der Waals surface area contributed by atoms with Crippen molar-refractivity contribution >= 4 is 55.5 Å². The zero-order chi connectivity index (χ0) is 35.3. The molecular formula is C49H44BN. The van der Waals surface area contributed by atoms with Crippen LogP contribution in [0, 0.1) is 0 Å². The van der Waals surface area contributed by atoms with Gasteiger partial charge in [-0.15, -0.1) is 0 Å². The number of hydrogen-bond donors (Lipinski definition) is 0. The van der Waals surface area contributed by atoms with E-state index < -0.39 is 0 Å². The smallest absolute Gasteiger partial charge is 0.241 e. The second-order valence-corrected chi connectivity index (χ2v) is 16.0. The van der Waals surface area contributed by atoms with E-state index in [0.717, 1.165) is 16.8 Å². The van der Waals surface area contributed by atoms with Crippen LogP contribution < -0.4 is 16.4 Å². The summed E-state index contributed by atoms with van der Waals surface area (Å²) < 4.78 is 0. The number of pyridine rings is 1. The molecule has 0 fully saturated rings. The van der Waals surface area contributed by atoms with Crippen molar-refractivity contribution in [2.75, 3.05) is 0 Å². The molecule has 0 spiro atoms. The van der Waals surface area contributed by atoms with Crippen LogP contribution in [0.25, 0.3) is 54.8 Å². The van der Waals surface area contributed by atoms with Crippen molar-refractivity contribution in [2.24, 2.45) is 0 Å². The van der Waals surface area contributed by atoms with E-state index in [9.17, 15) is 0 Å². The van der Waals surface area contributed by atoms with Crippen LogP contribution in [0.1, 0.15) is 52.7 Å². The minimum absolute atomic E-state index is 0.106. The summed E-state index contributed by atoms with van der Waals surface area (Å²) in [6.45, 7) is 13.8. The lowest BCUT2D eigenvalue weighted by Gasteiger charge is -2.23. The lowest BCUT2D eigenvalue weighted by Crippen LogP contribution is -2.52. The molecule has 51 heavy (non-hydrogen) atoms. The molecule has 1 heterocycles. The number of benzene rings is 7. The maximum absolute atomic E-state index is 5.26. The first-order valence-corrected chi connectivity index (χ1v) is 18.2. The molecule has 0 saturated heterocycles. The predicted octanol–water partition coefficient (Wildman–Crippen LogP) is 11.0. The van der Waals surface area contributed by atoms with Crippen LogP contribution >= 0.6 is 0 Å². The van der Waals surface area contributed by atoms with Crippen LogP contribution in [-0.4, -0.2) is 11.7 Å². The average Bonchev–Trinajstić information content (AvgIpc) is 3.14. The third kappa shape index (κ3) is 6.14. The lowest BCUT2D eigenvalue weighted by atomic mass is 9.36. The van der Waals surface area contributed by atoms with Gasteiger partial charge in [0.15, 0.2) is 0 Å². The molecule has 8 rings (SSSR count). The van der Waals surface area contributed by atoms with E-state index in [1.807, 2.05) is 0 Å². The average molecular weight is 658 g/mol. The highest BCUT2D eigenvalue weighted by Crippen LogP contribution is 2.41. The van der Waals surface area contributed by atoms with Crippen LogP contribution in [0.4, 0.5) is 0 Å². The fourth-order valence-corrected chi connectivity index (χ4v) is 7.65. The van der Waals surface area contributed by atoms with E-state index in [-0.39, 0.29) is 17.5 Å². The first-order valence-electron chi connectivity index (χ1n) is 18.2. The number of rotatable bonds is 5. The fourth-order valence-electron chi connectivity index (χ4n) is 7.65. The van der Waals surface area contributed by atoms with Gasteiger partial charge in [0.1, 0.15) is 0 Å². The van der Waals surface area contributed by atoms with Crippen molar-refractivity contribution in [1.82, 2.24) is 4.98 Å². The summed E-state index contributed by atoms with van der Waals surface area (Å²) in [5, 5.41) is 6.12. The van der Waals surface area contributed by atoms with Crippen molar-refractivity contribution in [3.8, 4) is 22.4 Å². The molecule has 8 aromatic rings. The Bertz CT molecular complexity index is 2440. The number of nitrogens with zero attached hydrogens (tertiary/aromatic N) is 1. The Kier molecular flexibility index (Phi) is 8.15. The molecule has 248 valence electrons. The Hall–Kier alpha value is -5.47. The van der Waals surface area contributed by atoms with Gasteiger partial charge in [0.25, 0.3) is 0 Å². The Morgan fingerprint density at radius 3 is 1.43 bits per heavy atom. The van der Waals surface area contributed by atoms with E-state index in [4.69, 9.17) is 4.98 Å². The Morgan fingerprint density at radius 2 is 0.882 bits per heavy atom. The van der Waals surface area contributed by atoms with Crippen molar-refractivity contribution in [3.63, 3.8) is 0 Å². The number of hydrogen-bond acceptors (Lipinski definition) is 1. The second-order valence-electron chi connectivity index (χ2n) is 16.0. The van der Waals surface area contributed by atoms with E-state index in [1.165, 1.54) is 65.6 Å². The molecule has 0 unspecified atom stereocenters. The van der Waals surface area contributed by atoms with Crippen LogP contribution in [0.5, 0.6) is 0 Å². The lowest BCUT2D eigenvalue weighted by molar-refractivity contribution is 0.590. The fraction of sp³-hybridized carbons (Fsp3) is 0.163. The van der Waals surface area contributed by atoms with Crippen LogP contribution in [-0.2, 0) is 10.8 Å². The highest BCUT2D eigenvalue weighted by atomic mass is 14.7. The molecule has 0 atom stereocenters. The van der Waals surface area contributed by atoms with Gasteiger partial charge in [0.05, 0.1) is 11.2 Å². The molecular weight excluding hydrogens is 613 g/mol. The van der Waals surface area contributed by atoms with Gasteiger partial charge < -0.3 is 0 Å². The number of para-hydroxylation sites is 1. The summed E-state index contributed by atoms with van der Waals surface area (Å²) in [7, 11) is 0. The van der Waals surface area contributed by atoms with Crippen molar-refractivity contribution < 1.29 is 0 Å². The predicted molar refractivity (Wildman–Crippen MR) is 223 cm³/mol. The SMILES string of the molecule is CC(C)(C)c1ccc(B(c2ccc(-c3cc4c(-c5ccccc5)nc5ccccc5c4c4ccccc34)cc2)c2ccc(C(C)(C)C)cc2)cc1. The van der Waals surface area contributed by atoms with E-state index in [0.29, 0.717) is 0 Å². The Labute approximate surface area is 303 Å². The van der Waals surface area contributed by atoms with E-state index in [1.54, 1.807) is 0 Å². The summed E-state index contributed by atoms with van der Waals surface area (Å²) in [4.78, 5) is 5.26. The maximum atomic E-state index is 5.26. The standard InChI is InChI=1S/C49H44BN/c1-48(2,3)35-22-28-38(29-23-35)50(39-30-24-36(25-31-39)49(4,5)6)37-26-20-33(21-27-37)43-32-44-46(41-17-11-10-16-40(41)43)42-18-12-13-19-45(42)51-47(44)34-14-8-7-9-15-34/h7-32H,1-6H3. The molecule has 0 aliphatic rings. The topological polar surface area (TPSA) is 12.9 Å². The summed E-state index contributed by atoms with van der Waals surface area (Å²) in [6, 6.07) is 58.3. The number of fused-ring (bicyclic) bond motifs is 5. The van der Waals surface area contributed by atoms with Gasteiger partial charge >= 0.3 is 0 Å². The van der Waals surface area contributed by atoms with E-state index in [2.05, 4.69) is 199 Å². The zero-order valence-electron chi connectivity index (χ0n) is 30.5. The molecule has 0 N–H and O–H groups in total. The number of aromatic nitrogens is 1. The molecule has 0 aliphatic heterocycles. The van der Waals surface area contributed by atoms with E-state index >= 15 is 0 Å². The Morgan fingerprint density at radius 1 is 0.412 bits per heavy atom. The van der Waals surface area contributed by atoms with Crippen molar-refractivity contribution in [1.29, 1.82) is 0 Å². The molecule has 2 heteroatoms. The third-order valence-corrected chi connectivity index (χ3v) is 10.5. The van der Waals surface area contributed by atoms with Crippen molar-refractivity contribution in [3.05, 3.63) is 169 Å². The summed E-state index contributed by atoms with van der Waals surface area (Å²) >= 11 is 0.